The number of para-hydroxylation sites is 2. The monoisotopic (exact) mass is 412 g/mol. The van der Waals surface area contributed by atoms with E-state index in [4.69, 9.17) is 14.5 Å². The first-order chi connectivity index (χ1) is 12.6. The highest BCUT2D eigenvalue weighted by atomic mass is 79.9. The Morgan fingerprint density at radius 1 is 1.23 bits per heavy atom. The fourth-order valence-corrected chi connectivity index (χ4v) is 3.08. The van der Waals surface area contributed by atoms with Gasteiger partial charge in [0.1, 0.15) is 12.4 Å². The van der Waals surface area contributed by atoms with Crippen LogP contribution in [0.5, 0.6) is 11.5 Å². The molecule has 2 aromatic carbocycles. The Balaban J connectivity index is 1.89. The molecule has 26 heavy (non-hydrogen) atoms. The first-order valence-electron chi connectivity index (χ1n) is 8.33. The molecule has 0 saturated heterocycles. The van der Waals surface area contributed by atoms with Crippen LogP contribution in [0.3, 0.4) is 0 Å². The van der Waals surface area contributed by atoms with Crippen LogP contribution in [-0.4, -0.2) is 16.7 Å². The molecule has 3 aromatic rings. The third kappa shape index (κ3) is 3.99. The summed E-state index contributed by atoms with van der Waals surface area (Å²) in [5.74, 6) is 2.23. The molecule has 0 bridgehead atoms. The maximum atomic E-state index is 6.02. The number of fused-ring (bicyclic) bond motifs is 1. The minimum Gasteiger partial charge on any atom is -0.493 e. The number of hydrogen-bond donors (Lipinski definition) is 0. The average molecular weight is 413 g/mol. The Morgan fingerprint density at radius 2 is 2.04 bits per heavy atom. The second-order valence-electron chi connectivity index (χ2n) is 5.82. The van der Waals surface area contributed by atoms with Gasteiger partial charge in [0.15, 0.2) is 11.5 Å². The molecule has 0 atom stereocenters. The molecule has 0 N–H and O–H groups in total. The Labute approximate surface area is 161 Å². The molecular formula is C21H21BrN2O2. The summed E-state index contributed by atoms with van der Waals surface area (Å²) in [6, 6.07) is 13.9. The molecule has 0 aliphatic carbocycles. The van der Waals surface area contributed by atoms with E-state index in [0.29, 0.717) is 24.7 Å². The summed E-state index contributed by atoms with van der Waals surface area (Å²) in [7, 11) is 1.64. The quantitative estimate of drug-likeness (QED) is 0.509. The van der Waals surface area contributed by atoms with Gasteiger partial charge in [-0.15, -0.1) is 0 Å². The number of methoxy groups -OCH3 is 1. The van der Waals surface area contributed by atoms with Crippen LogP contribution in [0.2, 0.25) is 0 Å². The van der Waals surface area contributed by atoms with Crippen LogP contribution < -0.4 is 9.47 Å². The predicted molar refractivity (Wildman–Crippen MR) is 110 cm³/mol. The fraction of sp³-hybridized carbons (Fsp3) is 0.190. The molecule has 0 unspecified atom stereocenters. The highest BCUT2D eigenvalue weighted by molar-refractivity contribution is 9.11. The molecule has 0 aliphatic rings. The normalized spacial score (nSPS) is 11.2. The maximum Gasteiger partial charge on any atom is 0.161 e. The predicted octanol–water partition coefficient (Wildman–Crippen LogP) is 5.57. The van der Waals surface area contributed by atoms with Crippen molar-refractivity contribution in [1.82, 2.24) is 9.55 Å². The lowest BCUT2D eigenvalue weighted by Crippen LogP contribution is -2.08. The van der Waals surface area contributed by atoms with Crippen molar-refractivity contribution in [3.8, 4) is 11.5 Å². The number of ether oxygens (including phenoxy) is 2. The van der Waals surface area contributed by atoms with Crippen LogP contribution in [0.1, 0.15) is 18.3 Å². The van der Waals surface area contributed by atoms with E-state index in [2.05, 4.69) is 27.1 Å². The van der Waals surface area contributed by atoms with Gasteiger partial charge in [0, 0.05) is 4.48 Å². The van der Waals surface area contributed by atoms with Gasteiger partial charge < -0.3 is 14.0 Å². The fourth-order valence-electron chi connectivity index (χ4n) is 2.83. The Morgan fingerprint density at radius 3 is 2.77 bits per heavy atom. The van der Waals surface area contributed by atoms with Gasteiger partial charge in [0.25, 0.3) is 0 Å². The van der Waals surface area contributed by atoms with Crippen LogP contribution in [0.25, 0.3) is 17.1 Å². The first-order valence-corrected chi connectivity index (χ1v) is 9.12. The smallest absolute Gasteiger partial charge is 0.161 e. The largest absolute Gasteiger partial charge is 0.493 e. The Hall–Kier alpha value is -2.53. The van der Waals surface area contributed by atoms with E-state index in [1.54, 1.807) is 7.11 Å². The number of hydrogen-bond acceptors (Lipinski definition) is 3. The number of benzene rings is 2. The average Bonchev–Trinajstić information content (AvgIpc) is 2.98. The zero-order valence-corrected chi connectivity index (χ0v) is 16.5. The minimum absolute atomic E-state index is 0.342. The topological polar surface area (TPSA) is 36.3 Å². The van der Waals surface area contributed by atoms with E-state index >= 15 is 0 Å². The van der Waals surface area contributed by atoms with Crippen molar-refractivity contribution < 1.29 is 9.47 Å². The van der Waals surface area contributed by atoms with Crippen molar-refractivity contribution in [2.24, 2.45) is 0 Å². The van der Waals surface area contributed by atoms with Crippen LogP contribution in [0, 0.1) is 0 Å². The first kappa shape index (κ1) is 18.3. The molecule has 0 fully saturated rings. The molecule has 0 saturated carbocycles. The number of nitrogens with zero attached hydrogens (tertiary/aromatic N) is 2. The molecule has 1 aromatic heterocycles. The molecule has 0 spiro atoms. The lowest BCUT2D eigenvalue weighted by atomic mass is 10.2. The number of allylic oxidation sites excluding steroid dienone is 2. The van der Waals surface area contributed by atoms with Crippen molar-refractivity contribution in [1.29, 1.82) is 0 Å². The van der Waals surface area contributed by atoms with Crippen molar-refractivity contribution in [3.63, 3.8) is 0 Å². The van der Waals surface area contributed by atoms with Gasteiger partial charge in [-0.3, -0.25) is 0 Å². The van der Waals surface area contributed by atoms with E-state index in [1.165, 1.54) is 0 Å². The zero-order chi connectivity index (χ0) is 18.5. The third-order valence-electron chi connectivity index (χ3n) is 3.97. The molecule has 3 rings (SSSR count). The lowest BCUT2D eigenvalue weighted by molar-refractivity contribution is 0.273. The lowest BCUT2D eigenvalue weighted by Gasteiger charge is -2.13. The molecule has 0 radical (unpaired) electrons. The number of imidazole rings is 1. The highest BCUT2D eigenvalue weighted by Crippen LogP contribution is 2.30. The molecule has 5 heteroatoms. The van der Waals surface area contributed by atoms with Gasteiger partial charge in [-0.25, -0.2) is 4.98 Å². The van der Waals surface area contributed by atoms with Crippen molar-refractivity contribution >= 4 is 33.0 Å². The summed E-state index contributed by atoms with van der Waals surface area (Å²) in [6.45, 7) is 6.91. The molecule has 0 amide bonds. The van der Waals surface area contributed by atoms with E-state index in [0.717, 1.165) is 26.9 Å². The van der Waals surface area contributed by atoms with Gasteiger partial charge in [0.05, 0.1) is 24.7 Å². The molecular weight excluding hydrogens is 392 g/mol. The van der Waals surface area contributed by atoms with Gasteiger partial charge in [0.2, 0.25) is 0 Å². The maximum absolute atomic E-state index is 6.02. The standard InChI is InChI=1S/C21H21BrN2O2/c1-4-7-16-10-11-19(20(12-16)25-3)26-14-21-23-17-8-5-6-9-18(17)24(21)13-15(2)22/h4-12H,2,13-14H2,1,3H3/b7-4-. The van der Waals surface area contributed by atoms with Gasteiger partial charge in [-0.2, -0.15) is 0 Å². The molecule has 0 aliphatic heterocycles. The molecule has 134 valence electrons. The van der Waals surface area contributed by atoms with E-state index in [9.17, 15) is 0 Å². The van der Waals surface area contributed by atoms with Gasteiger partial charge >= 0.3 is 0 Å². The Kier molecular flexibility index (Phi) is 5.78. The van der Waals surface area contributed by atoms with E-state index < -0.39 is 0 Å². The summed E-state index contributed by atoms with van der Waals surface area (Å²) in [5.41, 5.74) is 3.07. The highest BCUT2D eigenvalue weighted by Gasteiger charge is 2.13. The summed E-state index contributed by atoms with van der Waals surface area (Å²) in [5, 5.41) is 0. The minimum atomic E-state index is 0.342. The second kappa shape index (κ2) is 8.23. The second-order valence-corrected chi connectivity index (χ2v) is 6.94. The van der Waals surface area contributed by atoms with Crippen molar-refractivity contribution in [2.75, 3.05) is 7.11 Å². The van der Waals surface area contributed by atoms with Crippen molar-refractivity contribution in [3.05, 3.63) is 71.0 Å². The van der Waals surface area contributed by atoms with Crippen molar-refractivity contribution in [2.45, 2.75) is 20.1 Å². The van der Waals surface area contributed by atoms with E-state index in [-0.39, 0.29) is 0 Å². The summed E-state index contributed by atoms with van der Waals surface area (Å²) >= 11 is 3.45. The van der Waals surface area contributed by atoms with Crippen LogP contribution in [0.15, 0.2) is 59.6 Å². The SMILES string of the molecule is C=C(Br)Cn1c(COc2ccc(/C=C\C)cc2OC)nc2ccccc21. The van der Waals surface area contributed by atoms with Crippen LogP contribution >= 0.6 is 15.9 Å². The summed E-state index contributed by atoms with van der Waals surface area (Å²) < 4.78 is 14.5. The number of rotatable bonds is 7. The van der Waals surface area contributed by atoms with E-state index in [1.807, 2.05) is 61.5 Å². The summed E-state index contributed by atoms with van der Waals surface area (Å²) in [6.07, 6.45) is 4.01. The number of halogens is 1. The molecule has 4 nitrogen and oxygen atoms in total. The molecule has 1 heterocycles. The third-order valence-corrected chi connectivity index (χ3v) is 4.22. The Bertz CT molecular complexity index is 960. The van der Waals surface area contributed by atoms with Crippen LogP contribution in [0.4, 0.5) is 0 Å². The van der Waals surface area contributed by atoms with Gasteiger partial charge in [-0.1, -0.05) is 52.9 Å². The number of aromatic nitrogens is 2. The van der Waals surface area contributed by atoms with Gasteiger partial charge in [-0.05, 0) is 36.8 Å². The van der Waals surface area contributed by atoms with Crippen LogP contribution in [-0.2, 0) is 13.2 Å². The summed E-state index contributed by atoms with van der Waals surface area (Å²) in [4.78, 5) is 4.71. The zero-order valence-electron chi connectivity index (χ0n) is 14.9.